The van der Waals surface area contributed by atoms with Crippen molar-refractivity contribution in [1.82, 2.24) is 0 Å². The van der Waals surface area contributed by atoms with Crippen molar-refractivity contribution in [1.29, 1.82) is 5.26 Å². The molecule has 0 aromatic heterocycles. The third-order valence-corrected chi connectivity index (χ3v) is 5.10. The van der Waals surface area contributed by atoms with Crippen molar-refractivity contribution in [2.75, 3.05) is 11.9 Å². The van der Waals surface area contributed by atoms with Gasteiger partial charge in [0.25, 0.3) is 5.91 Å². The SMILES string of the molecule is N#CC1(COc2ccc(Cl)cc2/C=C2/C(=O)Nc3cc(Cl)ccc32)CC1. The zero-order valence-electron chi connectivity index (χ0n) is 13.7. The predicted octanol–water partition coefficient (Wildman–Crippen LogP) is 5.17. The van der Waals surface area contributed by atoms with Crippen LogP contribution in [0.25, 0.3) is 11.6 Å². The second-order valence-corrected chi connectivity index (χ2v) is 7.44. The first kappa shape index (κ1) is 17.0. The maximum Gasteiger partial charge on any atom is 0.256 e. The van der Waals surface area contributed by atoms with Gasteiger partial charge in [-0.15, -0.1) is 0 Å². The first-order chi connectivity index (χ1) is 12.5. The molecule has 26 heavy (non-hydrogen) atoms. The molecule has 4 nitrogen and oxygen atoms in total. The minimum absolute atomic E-state index is 0.205. The fourth-order valence-electron chi connectivity index (χ4n) is 2.88. The highest BCUT2D eigenvalue weighted by molar-refractivity contribution is 6.37. The molecular weight excluding hydrogens is 371 g/mol. The fourth-order valence-corrected chi connectivity index (χ4v) is 3.24. The Morgan fingerprint density at radius 3 is 2.65 bits per heavy atom. The van der Waals surface area contributed by atoms with E-state index < -0.39 is 0 Å². The van der Waals surface area contributed by atoms with Gasteiger partial charge in [-0.2, -0.15) is 5.26 Å². The maximum absolute atomic E-state index is 12.4. The monoisotopic (exact) mass is 384 g/mol. The molecular formula is C20H14Cl2N2O2. The van der Waals surface area contributed by atoms with E-state index in [0.29, 0.717) is 39.2 Å². The summed E-state index contributed by atoms with van der Waals surface area (Å²) >= 11 is 12.1. The largest absolute Gasteiger partial charge is 0.491 e. The van der Waals surface area contributed by atoms with E-state index >= 15 is 0 Å². The molecule has 130 valence electrons. The molecule has 1 amide bonds. The van der Waals surface area contributed by atoms with Gasteiger partial charge in [0, 0.05) is 26.7 Å². The number of nitriles is 1. The molecule has 0 radical (unpaired) electrons. The molecule has 1 aliphatic heterocycles. The van der Waals surface area contributed by atoms with E-state index in [0.717, 1.165) is 18.4 Å². The van der Waals surface area contributed by atoms with E-state index in [2.05, 4.69) is 11.4 Å². The lowest BCUT2D eigenvalue weighted by atomic mass is 10.0. The van der Waals surface area contributed by atoms with E-state index in [-0.39, 0.29) is 11.3 Å². The van der Waals surface area contributed by atoms with Crippen molar-refractivity contribution in [2.24, 2.45) is 5.41 Å². The molecule has 1 N–H and O–H groups in total. The van der Waals surface area contributed by atoms with Crippen LogP contribution >= 0.6 is 23.2 Å². The van der Waals surface area contributed by atoms with Crippen LogP contribution in [0.1, 0.15) is 24.0 Å². The second kappa shape index (κ2) is 6.35. The van der Waals surface area contributed by atoms with Crippen LogP contribution < -0.4 is 10.1 Å². The minimum atomic E-state index is -0.377. The number of nitrogens with zero attached hydrogens (tertiary/aromatic N) is 1. The van der Waals surface area contributed by atoms with E-state index in [9.17, 15) is 10.1 Å². The lowest BCUT2D eigenvalue weighted by Gasteiger charge is -2.12. The first-order valence-corrected chi connectivity index (χ1v) is 8.92. The molecule has 4 rings (SSSR count). The Hall–Kier alpha value is -2.48. The molecule has 1 fully saturated rings. The number of anilines is 1. The van der Waals surface area contributed by atoms with Crippen molar-refractivity contribution in [3.05, 3.63) is 57.6 Å². The molecule has 1 heterocycles. The summed E-state index contributed by atoms with van der Waals surface area (Å²) in [6.07, 6.45) is 3.45. The lowest BCUT2D eigenvalue weighted by Crippen LogP contribution is -2.11. The number of carbonyl (C=O) groups excluding carboxylic acids is 1. The number of hydrogen-bond donors (Lipinski definition) is 1. The zero-order chi connectivity index (χ0) is 18.3. The van der Waals surface area contributed by atoms with Crippen LogP contribution in [0.3, 0.4) is 0 Å². The van der Waals surface area contributed by atoms with Gasteiger partial charge in [-0.25, -0.2) is 0 Å². The van der Waals surface area contributed by atoms with Crippen molar-refractivity contribution < 1.29 is 9.53 Å². The lowest BCUT2D eigenvalue weighted by molar-refractivity contribution is -0.110. The third kappa shape index (κ3) is 3.16. The Balaban J connectivity index is 1.70. The van der Waals surface area contributed by atoms with Gasteiger partial charge in [0.05, 0.1) is 17.2 Å². The Kier molecular flexibility index (Phi) is 4.14. The summed E-state index contributed by atoms with van der Waals surface area (Å²) in [6.45, 7) is 0.333. The highest BCUT2D eigenvalue weighted by Gasteiger charge is 2.44. The molecule has 0 saturated heterocycles. The molecule has 1 saturated carbocycles. The van der Waals surface area contributed by atoms with Crippen LogP contribution in [0.2, 0.25) is 10.0 Å². The molecule has 2 aliphatic rings. The molecule has 1 aliphatic carbocycles. The molecule has 0 bridgehead atoms. The van der Waals surface area contributed by atoms with Gasteiger partial charge >= 0.3 is 0 Å². The number of nitrogens with one attached hydrogen (secondary N) is 1. The van der Waals surface area contributed by atoms with E-state index in [1.54, 1.807) is 42.5 Å². The Morgan fingerprint density at radius 2 is 1.92 bits per heavy atom. The van der Waals surface area contributed by atoms with Gasteiger partial charge in [0.1, 0.15) is 12.4 Å². The highest BCUT2D eigenvalue weighted by atomic mass is 35.5. The Morgan fingerprint density at radius 1 is 1.19 bits per heavy atom. The van der Waals surface area contributed by atoms with Gasteiger partial charge < -0.3 is 10.1 Å². The molecule has 0 spiro atoms. The van der Waals surface area contributed by atoms with Crippen molar-refractivity contribution >= 4 is 46.4 Å². The van der Waals surface area contributed by atoms with Crippen LogP contribution in [0, 0.1) is 16.7 Å². The van der Waals surface area contributed by atoms with Gasteiger partial charge in [-0.1, -0.05) is 29.3 Å². The standard InChI is InChI=1S/C20H14Cl2N2O2/c21-13-2-4-18(26-11-20(10-23)5-6-20)12(7-13)8-16-15-3-1-14(22)9-17(15)24-19(16)25/h1-4,7-9H,5-6,11H2,(H,24,25)/b16-8+. The topological polar surface area (TPSA) is 62.1 Å². The minimum Gasteiger partial charge on any atom is -0.491 e. The molecule has 2 aromatic rings. The van der Waals surface area contributed by atoms with Gasteiger partial charge in [-0.05, 0) is 49.2 Å². The summed E-state index contributed by atoms with van der Waals surface area (Å²) in [4.78, 5) is 12.4. The van der Waals surface area contributed by atoms with Crippen LogP contribution in [0.15, 0.2) is 36.4 Å². The zero-order valence-corrected chi connectivity index (χ0v) is 15.2. The van der Waals surface area contributed by atoms with Crippen molar-refractivity contribution in [3.8, 4) is 11.8 Å². The summed E-state index contributed by atoms with van der Waals surface area (Å²) in [5.74, 6) is 0.391. The quantitative estimate of drug-likeness (QED) is 0.739. The van der Waals surface area contributed by atoms with Gasteiger partial charge in [0.2, 0.25) is 0 Å². The molecule has 0 unspecified atom stereocenters. The fraction of sp³-hybridized carbons (Fsp3) is 0.200. The number of ether oxygens (including phenoxy) is 1. The summed E-state index contributed by atoms with van der Waals surface area (Å²) in [5, 5.41) is 13.1. The summed E-state index contributed by atoms with van der Waals surface area (Å²) in [7, 11) is 0. The average molecular weight is 385 g/mol. The highest BCUT2D eigenvalue weighted by Crippen LogP contribution is 2.45. The number of halogens is 2. The number of rotatable bonds is 4. The number of benzene rings is 2. The Bertz CT molecular complexity index is 988. The number of amides is 1. The second-order valence-electron chi connectivity index (χ2n) is 6.56. The van der Waals surface area contributed by atoms with Crippen LogP contribution in [0.4, 0.5) is 5.69 Å². The molecule has 2 aromatic carbocycles. The predicted molar refractivity (Wildman–Crippen MR) is 102 cm³/mol. The van der Waals surface area contributed by atoms with Crippen LogP contribution in [-0.2, 0) is 4.79 Å². The maximum atomic E-state index is 12.4. The van der Waals surface area contributed by atoms with E-state index in [4.69, 9.17) is 27.9 Å². The van der Waals surface area contributed by atoms with E-state index in [1.807, 2.05) is 0 Å². The summed E-state index contributed by atoms with van der Waals surface area (Å²) < 4.78 is 5.88. The van der Waals surface area contributed by atoms with Gasteiger partial charge in [0.15, 0.2) is 0 Å². The average Bonchev–Trinajstić information content (AvgIpc) is 3.34. The number of fused-ring (bicyclic) bond motifs is 1. The summed E-state index contributed by atoms with van der Waals surface area (Å²) in [5.41, 5.74) is 2.29. The van der Waals surface area contributed by atoms with Crippen LogP contribution in [0.5, 0.6) is 5.75 Å². The van der Waals surface area contributed by atoms with E-state index in [1.165, 1.54) is 0 Å². The van der Waals surface area contributed by atoms with Gasteiger partial charge in [-0.3, -0.25) is 4.79 Å². The normalized spacial score (nSPS) is 18.2. The third-order valence-electron chi connectivity index (χ3n) is 4.63. The first-order valence-electron chi connectivity index (χ1n) is 8.16. The van der Waals surface area contributed by atoms with Crippen molar-refractivity contribution in [2.45, 2.75) is 12.8 Å². The summed E-state index contributed by atoms with van der Waals surface area (Å²) in [6, 6.07) is 12.8. The Labute approximate surface area is 161 Å². The molecule has 0 atom stereocenters. The van der Waals surface area contributed by atoms with Crippen LogP contribution in [-0.4, -0.2) is 12.5 Å². The number of carbonyl (C=O) groups is 1. The van der Waals surface area contributed by atoms with Crippen molar-refractivity contribution in [3.63, 3.8) is 0 Å². The molecule has 6 heteroatoms. The number of hydrogen-bond acceptors (Lipinski definition) is 3. The smallest absolute Gasteiger partial charge is 0.256 e.